The van der Waals surface area contributed by atoms with Crippen molar-refractivity contribution in [3.05, 3.63) is 52.3 Å². The highest BCUT2D eigenvalue weighted by atomic mass is 79.9. The van der Waals surface area contributed by atoms with Crippen LogP contribution in [0.25, 0.3) is 0 Å². The largest absolute Gasteiger partial charge is 0.258 e. The van der Waals surface area contributed by atoms with Crippen LogP contribution in [0.2, 0.25) is 0 Å². The van der Waals surface area contributed by atoms with Crippen molar-refractivity contribution in [3.8, 4) is 0 Å². The zero-order chi connectivity index (χ0) is 14.8. The molecule has 1 aromatic heterocycles. The lowest BCUT2D eigenvalue weighted by atomic mass is 10.3. The number of nitrogens with one attached hydrogen (secondary N) is 1. The Morgan fingerprint density at radius 3 is 2.65 bits per heavy atom. The molecule has 1 heterocycles. The van der Waals surface area contributed by atoms with Gasteiger partial charge < -0.3 is 0 Å². The normalized spacial score (nSPS) is 11.6. The molecule has 1 N–H and O–H groups in total. The van der Waals surface area contributed by atoms with E-state index in [-0.39, 0.29) is 6.54 Å². The summed E-state index contributed by atoms with van der Waals surface area (Å²) in [5.74, 6) is -0.818. The molecule has 0 amide bonds. The van der Waals surface area contributed by atoms with Crippen LogP contribution in [-0.2, 0) is 16.6 Å². The fourth-order valence-corrected chi connectivity index (χ4v) is 2.84. The number of halogens is 2. The van der Waals surface area contributed by atoms with Gasteiger partial charge in [-0.2, -0.15) is 0 Å². The summed E-state index contributed by atoms with van der Waals surface area (Å²) < 4.78 is 40.4. The Bertz CT molecular complexity index is 720. The van der Waals surface area contributed by atoms with Crippen LogP contribution in [0.5, 0.6) is 0 Å². The van der Waals surface area contributed by atoms with E-state index in [9.17, 15) is 12.8 Å². The van der Waals surface area contributed by atoms with E-state index in [0.717, 1.165) is 11.8 Å². The number of sulfonamides is 1. The molecule has 5 nitrogen and oxygen atoms in total. The fourth-order valence-electron chi connectivity index (χ4n) is 1.45. The van der Waals surface area contributed by atoms with Gasteiger partial charge in [-0.25, -0.2) is 17.5 Å². The van der Waals surface area contributed by atoms with Gasteiger partial charge in [0.05, 0.1) is 24.1 Å². The summed E-state index contributed by atoms with van der Waals surface area (Å²) in [6.07, 6.45) is 3.00. The molecule has 106 valence electrons. The number of nitrogens with zero attached hydrogens (tertiary/aromatic N) is 2. The SMILES string of the molecule is Cc1cnc(CNS(=O)(=O)c2ccc(Br)cc2F)cn1. The summed E-state index contributed by atoms with van der Waals surface area (Å²) in [6.45, 7) is 1.73. The van der Waals surface area contributed by atoms with E-state index in [4.69, 9.17) is 0 Å². The molecule has 0 aliphatic rings. The van der Waals surface area contributed by atoms with Crippen molar-refractivity contribution in [1.82, 2.24) is 14.7 Å². The average molecular weight is 360 g/mol. The second-order valence-electron chi connectivity index (χ2n) is 4.05. The van der Waals surface area contributed by atoms with E-state index in [2.05, 4.69) is 30.6 Å². The Morgan fingerprint density at radius 1 is 1.30 bits per heavy atom. The molecule has 0 atom stereocenters. The van der Waals surface area contributed by atoms with Crippen LogP contribution in [0, 0.1) is 12.7 Å². The molecule has 0 unspecified atom stereocenters. The summed E-state index contributed by atoms with van der Waals surface area (Å²) in [7, 11) is -3.93. The third kappa shape index (κ3) is 3.59. The van der Waals surface area contributed by atoms with Crippen molar-refractivity contribution in [3.63, 3.8) is 0 Å². The van der Waals surface area contributed by atoms with Crippen molar-refractivity contribution in [2.24, 2.45) is 0 Å². The Morgan fingerprint density at radius 2 is 2.05 bits per heavy atom. The monoisotopic (exact) mass is 359 g/mol. The maximum Gasteiger partial charge on any atom is 0.243 e. The molecular weight excluding hydrogens is 349 g/mol. The molecule has 2 aromatic rings. The predicted molar refractivity (Wildman–Crippen MR) is 74.9 cm³/mol. The van der Waals surface area contributed by atoms with Crippen LogP contribution in [0.3, 0.4) is 0 Å². The highest BCUT2D eigenvalue weighted by Gasteiger charge is 2.19. The van der Waals surface area contributed by atoms with Gasteiger partial charge in [0.15, 0.2) is 0 Å². The van der Waals surface area contributed by atoms with Gasteiger partial charge in [0, 0.05) is 10.7 Å². The second kappa shape index (κ2) is 5.94. The number of hydrogen-bond donors (Lipinski definition) is 1. The van der Waals surface area contributed by atoms with Crippen molar-refractivity contribution >= 4 is 26.0 Å². The number of hydrogen-bond acceptors (Lipinski definition) is 4. The molecule has 0 aliphatic heterocycles. The van der Waals surface area contributed by atoms with Crippen LogP contribution in [0.1, 0.15) is 11.4 Å². The van der Waals surface area contributed by atoms with Gasteiger partial charge in [0.2, 0.25) is 10.0 Å². The summed E-state index contributed by atoms with van der Waals surface area (Å²) in [6, 6.07) is 3.76. The Kier molecular flexibility index (Phi) is 4.46. The Hall–Kier alpha value is -1.38. The molecule has 20 heavy (non-hydrogen) atoms. The molecule has 0 saturated carbocycles. The van der Waals surface area contributed by atoms with Crippen molar-refractivity contribution in [2.45, 2.75) is 18.4 Å². The number of aromatic nitrogens is 2. The van der Waals surface area contributed by atoms with Gasteiger partial charge in [-0.15, -0.1) is 0 Å². The first kappa shape index (κ1) is 15.0. The van der Waals surface area contributed by atoms with E-state index < -0.39 is 20.7 Å². The first-order valence-corrected chi connectivity index (χ1v) is 7.88. The highest BCUT2D eigenvalue weighted by Crippen LogP contribution is 2.19. The summed E-state index contributed by atoms with van der Waals surface area (Å²) in [5, 5.41) is 0. The zero-order valence-electron chi connectivity index (χ0n) is 10.5. The zero-order valence-corrected chi connectivity index (χ0v) is 12.9. The van der Waals surface area contributed by atoms with E-state index in [1.165, 1.54) is 24.5 Å². The summed E-state index contributed by atoms with van der Waals surface area (Å²) in [5.41, 5.74) is 1.19. The van der Waals surface area contributed by atoms with Crippen LogP contribution in [0.4, 0.5) is 4.39 Å². The first-order chi connectivity index (χ1) is 9.38. The minimum absolute atomic E-state index is 0.0505. The minimum atomic E-state index is -3.93. The maximum absolute atomic E-state index is 13.6. The Balaban J connectivity index is 2.17. The lowest BCUT2D eigenvalue weighted by molar-refractivity contribution is 0.555. The van der Waals surface area contributed by atoms with Crippen LogP contribution >= 0.6 is 15.9 Å². The number of benzene rings is 1. The van der Waals surface area contributed by atoms with E-state index in [0.29, 0.717) is 10.2 Å². The average Bonchev–Trinajstić information content (AvgIpc) is 2.37. The predicted octanol–water partition coefficient (Wildman–Crippen LogP) is 2.17. The molecule has 8 heteroatoms. The molecule has 0 radical (unpaired) electrons. The van der Waals surface area contributed by atoms with Crippen molar-refractivity contribution < 1.29 is 12.8 Å². The molecule has 0 aliphatic carbocycles. The summed E-state index contributed by atoms with van der Waals surface area (Å²) >= 11 is 3.07. The lowest BCUT2D eigenvalue weighted by Crippen LogP contribution is -2.24. The standard InChI is InChI=1S/C12H11BrFN3O2S/c1-8-5-16-10(6-15-8)7-17-20(18,19)12-3-2-9(13)4-11(12)14/h2-6,17H,7H2,1H3. The molecule has 1 aromatic carbocycles. The highest BCUT2D eigenvalue weighted by molar-refractivity contribution is 9.10. The van der Waals surface area contributed by atoms with E-state index in [1.54, 1.807) is 6.92 Å². The van der Waals surface area contributed by atoms with Crippen LogP contribution in [0.15, 0.2) is 40.0 Å². The van der Waals surface area contributed by atoms with Gasteiger partial charge in [0.1, 0.15) is 10.7 Å². The smallest absolute Gasteiger partial charge is 0.243 e. The Labute approximate surface area is 124 Å². The van der Waals surface area contributed by atoms with Crippen LogP contribution < -0.4 is 4.72 Å². The lowest BCUT2D eigenvalue weighted by Gasteiger charge is -2.07. The van der Waals surface area contributed by atoms with Crippen LogP contribution in [-0.4, -0.2) is 18.4 Å². The minimum Gasteiger partial charge on any atom is -0.258 e. The quantitative estimate of drug-likeness (QED) is 0.907. The van der Waals surface area contributed by atoms with Gasteiger partial charge in [-0.1, -0.05) is 15.9 Å². The molecule has 0 bridgehead atoms. The second-order valence-corrected chi connectivity index (χ2v) is 6.70. The van der Waals surface area contributed by atoms with Gasteiger partial charge >= 0.3 is 0 Å². The van der Waals surface area contributed by atoms with Gasteiger partial charge in [-0.05, 0) is 25.1 Å². The number of aryl methyl sites for hydroxylation is 1. The fraction of sp³-hybridized carbons (Fsp3) is 0.167. The number of rotatable bonds is 4. The third-order valence-corrected chi connectivity index (χ3v) is 4.39. The molecule has 0 fully saturated rings. The molecule has 2 rings (SSSR count). The topological polar surface area (TPSA) is 72.0 Å². The van der Waals surface area contributed by atoms with Gasteiger partial charge in [0.25, 0.3) is 0 Å². The van der Waals surface area contributed by atoms with E-state index in [1.807, 2.05) is 0 Å². The van der Waals surface area contributed by atoms with Crippen molar-refractivity contribution in [2.75, 3.05) is 0 Å². The van der Waals surface area contributed by atoms with E-state index >= 15 is 0 Å². The maximum atomic E-state index is 13.6. The third-order valence-electron chi connectivity index (χ3n) is 2.46. The molecular formula is C12H11BrFN3O2S. The first-order valence-electron chi connectivity index (χ1n) is 5.61. The van der Waals surface area contributed by atoms with Crippen molar-refractivity contribution in [1.29, 1.82) is 0 Å². The van der Waals surface area contributed by atoms with Gasteiger partial charge in [-0.3, -0.25) is 9.97 Å². The molecule has 0 spiro atoms. The molecule has 0 saturated heterocycles. The summed E-state index contributed by atoms with van der Waals surface area (Å²) in [4.78, 5) is 7.62.